The van der Waals surface area contributed by atoms with Gasteiger partial charge in [0.15, 0.2) is 6.61 Å². The van der Waals surface area contributed by atoms with Crippen LogP contribution in [-0.4, -0.2) is 26.2 Å². The van der Waals surface area contributed by atoms with E-state index in [4.69, 9.17) is 9.47 Å². The van der Waals surface area contributed by atoms with Gasteiger partial charge in [0, 0.05) is 16.7 Å². The van der Waals surface area contributed by atoms with E-state index >= 15 is 0 Å². The minimum atomic E-state index is -0.0240. The zero-order valence-electron chi connectivity index (χ0n) is 12.9. The predicted octanol–water partition coefficient (Wildman–Crippen LogP) is 3.82. The van der Waals surface area contributed by atoms with Gasteiger partial charge in [0.2, 0.25) is 0 Å². The van der Waals surface area contributed by atoms with E-state index in [-0.39, 0.29) is 12.5 Å². The Morgan fingerprint density at radius 3 is 2.65 bits per heavy atom. The van der Waals surface area contributed by atoms with Crippen LogP contribution in [0.4, 0.5) is 5.69 Å². The standard InChI is InChI=1S/C18H18BrNO3/c1-22-15-5-7-16(8-6-15)23-12-18(21)20-10-2-3-13-11-14(19)4-9-17(13)20/h4-9,11H,2-3,10,12H2,1H3. The van der Waals surface area contributed by atoms with E-state index in [2.05, 4.69) is 22.0 Å². The van der Waals surface area contributed by atoms with Gasteiger partial charge in [-0.2, -0.15) is 0 Å². The fraction of sp³-hybridized carbons (Fsp3) is 0.278. The number of carbonyl (C=O) groups is 1. The molecule has 0 unspecified atom stereocenters. The Kier molecular flexibility index (Phi) is 4.86. The number of fused-ring (bicyclic) bond motifs is 1. The van der Waals surface area contributed by atoms with Gasteiger partial charge in [-0.3, -0.25) is 4.79 Å². The van der Waals surface area contributed by atoms with Crippen molar-refractivity contribution in [3.05, 3.63) is 52.5 Å². The number of methoxy groups -OCH3 is 1. The highest BCUT2D eigenvalue weighted by atomic mass is 79.9. The monoisotopic (exact) mass is 375 g/mol. The quantitative estimate of drug-likeness (QED) is 0.815. The zero-order valence-corrected chi connectivity index (χ0v) is 14.5. The number of amides is 1. The third-order valence-corrected chi connectivity index (χ3v) is 4.38. The smallest absolute Gasteiger partial charge is 0.264 e. The molecule has 1 heterocycles. The van der Waals surface area contributed by atoms with Gasteiger partial charge >= 0.3 is 0 Å². The maximum Gasteiger partial charge on any atom is 0.264 e. The van der Waals surface area contributed by atoms with Crippen LogP contribution in [0.1, 0.15) is 12.0 Å². The third kappa shape index (κ3) is 3.67. The summed E-state index contributed by atoms with van der Waals surface area (Å²) in [6, 6.07) is 13.3. The van der Waals surface area contributed by atoms with E-state index in [0.717, 1.165) is 35.3 Å². The molecular weight excluding hydrogens is 358 g/mol. The Bertz CT molecular complexity index is 700. The van der Waals surface area contributed by atoms with Gasteiger partial charge in [-0.15, -0.1) is 0 Å². The first-order valence-electron chi connectivity index (χ1n) is 7.53. The molecule has 3 rings (SSSR count). The summed E-state index contributed by atoms with van der Waals surface area (Å²) in [6.45, 7) is 0.765. The van der Waals surface area contributed by atoms with Crippen molar-refractivity contribution < 1.29 is 14.3 Å². The van der Waals surface area contributed by atoms with E-state index < -0.39 is 0 Å². The van der Waals surface area contributed by atoms with Crippen LogP contribution in [0.3, 0.4) is 0 Å². The number of anilines is 1. The Morgan fingerprint density at radius 2 is 1.91 bits per heavy atom. The molecule has 0 saturated carbocycles. The van der Waals surface area contributed by atoms with Gasteiger partial charge in [-0.05, 0) is 60.9 Å². The van der Waals surface area contributed by atoms with Crippen molar-refractivity contribution in [3.8, 4) is 11.5 Å². The van der Waals surface area contributed by atoms with Crippen molar-refractivity contribution in [2.75, 3.05) is 25.2 Å². The van der Waals surface area contributed by atoms with E-state index in [9.17, 15) is 4.79 Å². The Morgan fingerprint density at radius 1 is 1.17 bits per heavy atom. The van der Waals surface area contributed by atoms with Crippen LogP contribution in [0.15, 0.2) is 46.9 Å². The predicted molar refractivity (Wildman–Crippen MR) is 93.3 cm³/mol. The van der Waals surface area contributed by atoms with Crippen LogP contribution in [-0.2, 0) is 11.2 Å². The van der Waals surface area contributed by atoms with Crippen molar-refractivity contribution in [1.82, 2.24) is 0 Å². The number of benzene rings is 2. The molecule has 0 bridgehead atoms. The van der Waals surface area contributed by atoms with E-state index in [1.165, 1.54) is 5.56 Å². The summed E-state index contributed by atoms with van der Waals surface area (Å²) in [5.74, 6) is 1.40. The van der Waals surface area contributed by atoms with Gasteiger partial charge < -0.3 is 14.4 Å². The number of carbonyl (C=O) groups excluding carboxylic acids is 1. The summed E-state index contributed by atoms with van der Waals surface area (Å²) < 4.78 is 11.7. The summed E-state index contributed by atoms with van der Waals surface area (Å²) in [5, 5.41) is 0. The zero-order chi connectivity index (χ0) is 16.2. The molecule has 23 heavy (non-hydrogen) atoms. The highest BCUT2D eigenvalue weighted by Crippen LogP contribution is 2.30. The minimum Gasteiger partial charge on any atom is -0.497 e. The summed E-state index contributed by atoms with van der Waals surface area (Å²) in [6.07, 6.45) is 1.97. The maximum atomic E-state index is 12.5. The molecule has 0 spiro atoms. The molecule has 2 aromatic carbocycles. The second-order valence-electron chi connectivity index (χ2n) is 5.39. The van der Waals surface area contributed by atoms with Crippen molar-refractivity contribution >= 4 is 27.5 Å². The van der Waals surface area contributed by atoms with Crippen LogP contribution in [0.2, 0.25) is 0 Å². The first kappa shape index (κ1) is 15.9. The Hall–Kier alpha value is -2.01. The Labute approximate surface area is 144 Å². The van der Waals surface area contributed by atoms with E-state index in [1.807, 2.05) is 29.2 Å². The Balaban J connectivity index is 1.67. The molecule has 0 aromatic heterocycles. The number of nitrogens with zero attached hydrogens (tertiary/aromatic N) is 1. The molecule has 5 heteroatoms. The molecule has 0 fully saturated rings. The summed E-state index contributed by atoms with van der Waals surface area (Å²) in [7, 11) is 1.62. The molecule has 4 nitrogen and oxygen atoms in total. The van der Waals surface area contributed by atoms with Crippen LogP contribution in [0.25, 0.3) is 0 Å². The molecule has 1 amide bonds. The number of ether oxygens (including phenoxy) is 2. The fourth-order valence-corrected chi connectivity index (χ4v) is 3.13. The highest BCUT2D eigenvalue weighted by Gasteiger charge is 2.22. The normalized spacial score (nSPS) is 13.4. The lowest BCUT2D eigenvalue weighted by molar-refractivity contribution is -0.120. The van der Waals surface area contributed by atoms with Gasteiger partial charge in [-0.25, -0.2) is 0 Å². The van der Waals surface area contributed by atoms with Crippen LogP contribution in [0, 0.1) is 0 Å². The second kappa shape index (κ2) is 7.04. The molecule has 0 aliphatic carbocycles. The number of hydrogen-bond donors (Lipinski definition) is 0. The first-order chi connectivity index (χ1) is 11.2. The molecule has 1 aliphatic heterocycles. The van der Waals surface area contributed by atoms with Crippen LogP contribution >= 0.6 is 15.9 Å². The number of aryl methyl sites for hydroxylation is 1. The van der Waals surface area contributed by atoms with E-state index in [1.54, 1.807) is 19.2 Å². The number of hydrogen-bond acceptors (Lipinski definition) is 3. The first-order valence-corrected chi connectivity index (χ1v) is 8.32. The molecule has 120 valence electrons. The van der Waals surface area contributed by atoms with Gasteiger partial charge in [-0.1, -0.05) is 15.9 Å². The van der Waals surface area contributed by atoms with Gasteiger partial charge in [0.05, 0.1) is 7.11 Å². The number of rotatable bonds is 4. The molecular formula is C18H18BrNO3. The third-order valence-electron chi connectivity index (χ3n) is 3.88. The average Bonchev–Trinajstić information content (AvgIpc) is 2.59. The lowest BCUT2D eigenvalue weighted by Gasteiger charge is -2.29. The molecule has 1 aliphatic rings. The van der Waals surface area contributed by atoms with Crippen molar-refractivity contribution in [3.63, 3.8) is 0 Å². The van der Waals surface area contributed by atoms with Crippen molar-refractivity contribution in [2.24, 2.45) is 0 Å². The number of halogens is 1. The highest BCUT2D eigenvalue weighted by molar-refractivity contribution is 9.10. The van der Waals surface area contributed by atoms with Crippen molar-refractivity contribution in [2.45, 2.75) is 12.8 Å². The summed E-state index contributed by atoms with van der Waals surface area (Å²) >= 11 is 3.48. The average molecular weight is 376 g/mol. The SMILES string of the molecule is COc1ccc(OCC(=O)N2CCCc3cc(Br)ccc32)cc1. The van der Waals surface area contributed by atoms with Crippen molar-refractivity contribution in [1.29, 1.82) is 0 Å². The summed E-state index contributed by atoms with van der Waals surface area (Å²) in [4.78, 5) is 14.3. The topological polar surface area (TPSA) is 38.8 Å². The van der Waals surface area contributed by atoms with Gasteiger partial charge in [0.25, 0.3) is 5.91 Å². The van der Waals surface area contributed by atoms with E-state index in [0.29, 0.717) is 5.75 Å². The summed E-state index contributed by atoms with van der Waals surface area (Å²) in [5.41, 5.74) is 2.19. The fourth-order valence-electron chi connectivity index (χ4n) is 2.72. The second-order valence-corrected chi connectivity index (χ2v) is 6.30. The molecule has 0 atom stereocenters. The largest absolute Gasteiger partial charge is 0.497 e. The lowest BCUT2D eigenvalue weighted by atomic mass is 10.0. The maximum absolute atomic E-state index is 12.5. The lowest BCUT2D eigenvalue weighted by Crippen LogP contribution is -2.38. The molecule has 0 saturated heterocycles. The van der Waals surface area contributed by atoms with Crippen LogP contribution in [0.5, 0.6) is 11.5 Å². The molecule has 2 aromatic rings. The molecule has 0 N–H and O–H groups in total. The van der Waals surface area contributed by atoms with Crippen LogP contribution < -0.4 is 14.4 Å². The minimum absolute atomic E-state index is 0.0240. The molecule has 0 radical (unpaired) electrons. The van der Waals surface area contributed by atoms with Gasteiger partial charge in [0.1, 0.15) is 11.5 Å².